The third kappa shape index (κ3) is 5.63. The first-order chi connectivity index (χ1) is 11.1. The Kier molecular flexibility index (Phi) is 6.52. The van der Waals surface area contributed by atoms with Crippen LogP contribution in [0.15, 0.2) is 29.3 Å². The molecule has 1 fully saturated rings. The van der Waals surface area contributed by atoms with Crippen molar-refractivity contribution >= 4 is 23.7 Å². The number of benzene rings is 1. The van der Waals surface area contributed by atoms with E-state index in [1.54, 1.807) is 4.90 Å². The number of halogens is 1. The maximum atomic E-state index is 11.6. The normalized spacial score (nSPS) is 16.3. The maximum absolute atomic E-state index is 11.6. The number of hydrogen-bond donors (Lipinski definition) is 2. The Hall–Kier alpha value is -1.95. The topological polar surface area (TPSA) is 80.0 Å². The standard InChI is InChI=1S/C16H23ClN4O2/c1-2-23-16(22)21-8-6-14(7-9-21)20-15(18)19-11-12-4-3-5-13(17)10-12/h3-5,10,14H,2,6-9,11H2,1H3,(H3,18,19,20). The number of nitrogens with one attached hydrogen (secondary N) is 1. The second kappa shape index (κ2) is 8.62. The molecule has 0 spiro atoms. The fourth-order valence-electron chi connectivity index (χ4n) is 2.49. The summed E-state index contributed by atoms with van der Waals surface area (Å²) in [5.41, 5.74) is 6.95. The molecule has 23 heavy (non-hydrogen) atoms. The van der Waals surface area contributed by atoms with Crippen LogP contribution < -0.4 is 11.1 Å². The predicted octanol–water partition coefficient (Wildman–Crippen LogP) is 2.37. The highest BCUT2D eigenvalue weighted by Crippen LogP contribution is 2.12. The average Bonchev–Trinajstić information content (AvgIpc) is 2.54. The number of ether oxygens (including phenoxy) is 1. The molecule has 1 aliphatic rings. The Labute approximate surface area is 141 Å². The average molecular weight is 339 g/mol. The van der Waals surface area contributed by atoms with Crippen LogP contribution in [0, 0.1) is 0 Å². The highest BCUT2D eigenvalue weighted by molar-refractivity contribution is 6.30. The first-order valence-corrected chi connectivity index (χ1v) is 8.19. The summed E-state index contributed by atoms with van der Waals surface area (Å²) in [7, 11) is 0. The van der Waals surface area contributed by atoms with Crippen LogP contribution >= 0.6 is 11.6 Å². The van der Waals surface area contributed by atoms with E-state index in [0.29, 0.717) is 37.2 Å². The van der Waals surface area contributed by atoms with Gasteiger partial charge in [0, 0.05) is 24.2 Å². The highest BCUT2D eigenvalue weighted by Gasteiger charge is 2.23. The largest absolute Gasteiger partial charge is 0.450 e. The summed E-state index contributed by atoms with van der Waals surface area (Å²) in [4.78, 5) is 17.7. The minimum absolute atomic E-state index is 0.226. The third-order valence-corrected chi connectivity index (χ3v) is 3.93. The maximum Gasteiger partial charge on any atom is 0.409 e. The first kappa shape index (κ1) is 17.4. The Morgan fingerprint density at radius 2 is 2.22 bits per heavy atom. The fraction of sp³-hybridized carbons (Fsp3) is 0.500. The number of rotatable bonds is 4. The van der Waals surface area contributed by atoms with Gasteiger partial charge in [0.05, 0.1) is 13.2 Å². The van der Waals surface area contributed by atoms with Crippen molar-refractivity contribution in [2.75, 3.05) is 19.7 Å². The van der Waals surface area contributed by atoms with Crippen molar-refractivity contribution in [2.45, 2.75) is 32.4 Å². The number of aliphatic imine (C=N–C) groups is 1. The summed E-state index contributed by atoms with van der Waals surface area (Å²) in [5.74, 6) is 0.416. The van der Waals surface area contributed by atoms with Gasteiger partial charge in [-0.3, -0.25) is 0 Å². The van der Waals surface area contributed by atoms with Gasteiger partial charge in [0.15, 0.2) is 5.96 Å². The summed E-state index contributed by atoms with van der Waals surface area (Å²) < 4.78 is 5.00. The molecule has 0 saturated carbocycles. The van der Waals surface area contributed by atoms with Crippen molar-refractivity contribution in [3.05, 3.63) is 34.9 Å². The summed E-state index contributed by atoms with van der Waals surface area (Å²) in [5, 5.41) is 3.90. The van der Waals surface area contributed by atoms with E-state index in [2.05, 4.69) is 10.3 Å². The number of nitrogens with zero attached hydrogens (tertiary/aromatic N) is 2. The summed E-state index contributed by atoms with van der Waals surface area (Å²) >= 11 is 5.94. The lowest BCUT2D eigenvalue weighted by Crippen LogP contribution is -2.48. The second-order valence-electron chi connectivity index (χ2n) is 5.44. The number of hydrogen-bond acceptors (Lipinski definition) is 3. The molecule has 1 aromatic carbocycles. The number of likely N-dealkylation sites (tertiary alicyclic amines) is 1. The molecule has 1 saturated heterocycles. The van der Waals surface area contributed by atoms with Crippen molar-refractivity contribution in [2.24, 2.45) is 10.7 Å². The zero-order valence-corrected chi connectivity index (χ0v) is 14.1. The smallest absolute Gasteiger partial charge is 0.409 e. The van der Waals surface area contributed by atoms with E-state index >= 15 is 0 Å². The zero-order chi connectivity index (χ0) is 16.7. The molecule has 0 atom stereocenters. The molecule has 0 unspecified atom stereocenters. The molecule has 3 N–H and O–H groups in total. The SMILES string of the molecule is CCOC(=O)N1CCC(NC(N)=NCc2cccc(Cl)c2)CC1. The van der Waals surface area contributed by atoms with Crippen LogP contribution in [0.3, 0.4) is 0 Å². The van der Waals surface area contributed by atoms with Crippen molar-refractivity contribution in [3.8, 4) is 0 Å². The molecule has 0 aliphatic carbocycles. The van der Waals surface area contributed by atoms with Gasteiger partial charge in [-0.1, -0.05) is 23.7 Å². The van der Waals surface area contributed by atoms with Crippen LogP contribution in [-0.2, 0) is 11.3 Å². The van der Waals surface area contributed by atoms with Gasteiger partial charge < -0.3 is 20.7 Å². The van der Waals surface area contributed by atoms with Crippen molar-refractivity contribution in [3.63, 3.8) is 0 Å². The van der Waals surface area contributed by atoms with E-state index in [9.17, 15) is 4.79 Å². The molecule has 7 heteroatoms. The molecule has 1 aromatic rings. The van der Waals surface area contributed by atoms with E-state index in [1.165, 1.54) is 0 Å². The molecule has 1 heterocycles. The molecular formula is C16H23ClN4O2. The molecule has 0 aromatic heterocycles. The lowest BCUT2D eigenvalue weighted by atomic mass is 10.1. The van der Waals surface area contributed by atoms with Crippen LogP contribution in [-0.4, -0.2) is 42.7 Å². The monoisotopic (exact) mass is 338 g/mol. The number of carbonyl (C=O) groups is 1. The van der Waals surface area contributed by atoms with Crippen LogP contribution in [0.25, 0.3) is 0 Å². The van der Waals surface area contributed by atoms with Gasteiger partial charge in [-0.15, -0.1) is 0 Å². The summed E-state index contributed by atoms with van der Waals surface area (Å²) in [6, 6.07) is 7.77. The number of piperidine rings is 1. The van der Waals surface area contributed by atoms with Crippen molar-refractivity contribution in [1.29, 1.82) is 0 Å². The van der Waals surface area contributed by atoms with E-state index in [-0.39, 0.29) is 12.1 Å². The summed E-state index contributed by atoms with van der Waals surface area (Å²) in [6.07, 6.45) is 1.41. The van der Waals surface area contributed by atoms with Gasteiger partial charge in [-0.2, -0.15) is 0 Å². The molecular weight excluding hydrogens is 316 g/mol. The molecule has 0 radical (unpaired) electrons. The van der Waals surface area contributed by atoms with Crippen LogP contribution in [0.4, 0.5) is 4.79 Å². The van der Waals surface area contributed by atoms with Crippen molar-refractivity contribution < 1.29 is 9.53 Å². The van der Waals surface area contributed by atoms with Gasteiger partial charge in [0.25, 0.3) is 0 Å². The highest BCUT2D eigenvalue weighted by atomic mass is 35.5. The van der Waals surface area contributed by atoms with Crippen LogP contribution in [0.2, 0.25) is 5.02 Å². The van der Waals surface area contributed by atoms with Crippen molar-refractivity contribution in [1.82, 2.24) is 10.2 Å². The summed E-state index contributed by atoms with van der Waals surface area (Å²) in [6.45, 7) is 4.03. The molecule has 1 amide bonds. The zero-order valence-electron chi connectivity index (χ0n) is 13.3. The van der Waals surface area contributed by atoms with E-state index in [4.69, 9.17) is 22.1 Å². The number of guanidine groups is 1. The van der Waals surface area contributed by atoms with Gasteiger partial charge in [-0.05, 0) is 37.5 Å². The predicted molar refractivity (Wildman–Crippen MR) is 91.5 cm³/mol. The number of amides is 1. The molecule has 6 nitrogen and oxygen atoms in total. The van der Waals surface area contributed by atoms with E-state index in [0.717, 1.165) is 18.4 Å². The Balaban J connectivity index is 1.77. The quantitative estimate of drug-likeness (QED) is 0.652. The second-order valence-corrected chi connectivity index (χ2v) is 5.87. The molecule has 0 bridgehead atoms. The van der Waals surface area contributed by atoms with Gasteiger partial charge >= 0.3 is 6.09 Å². The molecule has 126 valence electrons. The van der Waals surface area contributed by atoms with Gasteiger partial charge in [0.2, 0.25) is 0 Å². The Bertz CT molecular complexity index is 557. The van der Waals surface area contributed by atoms with Gasteiger partial charge in [-0.25, -0.2) is 9.79 Å². The third-order valence-electron chi connectivity index (χ3n) is 3.69. The number of nitrogens with two attached hydrogens (primary N) is 1. The van der Waals surface area contributed by atoms with Crippen LogP contribution in [0.1, 0.15) is 25.3 Å². The minimum atomic E-state index is -0.242. The Morgan fingerprint density at radius 1 is 1.48 bits per heavy atom. The van der Waals surface area contributed by atoms with Gasteiger partial charge in [0.1, 0.15) is 0 Å². The number of carbonyl (C=O) groups excluding carboxylic acids is 1. The Morgan fingerprint density at radius 3 is 2.87 bits per heavy atom. The lowest BCUT2D eigenvalue weighted by molar-refractivity contribution is 0.0963. The fourth-order valence-corrected chi connectivity index (χ4v) is 2.70. The lowest BCUT2D eigenvalue weighted by Gasteiger charge is -2.31. The minimum Gasteiger partial charge on any atom is -0.450 e. The van der Waals surface area contributed by atoms with E-state index < -0.39 is 0 Å². The first-order valence-electron chi connectivity index (χ1n) is 7.81. The van der Waals surface area contributed by atoms with Crippen LogP contribution in [0.5, 0.6) is 0 Å². The molecule has 1 aliphatic heterocycles. The molecule has 2 rings (SSSR count). The van der Waals surface area contributed by atoms with E-state index in [1.807, 2.05) is 31.2 Å².